The molecule has 2 amide bonds. The molecule has 0 saturated carbocycles. The van der Waals surface area contributed by atoms with Crippen molar-refractivity contribution in [3.8, 4) is 0 Å². The summed E-state index contributed by atoms with van der Waals surface area (Å²) in [6.07, 6.45) is 4.32. The number of carbonyl (C=O) groups excluding carboxylic acids is 1. The van der Waals surface area contributed by atoms with Gasteiger partial charge >= 0.3 is 6.03 Å². The largest absolute Gasteiger partial charge is 0.395 e. The van der Waals surface area contributed by atoms with E-state index in [2.05, 4.69) is 24.3 Å². The topological polar surface area (TPSA) is 70.4 Å². The van der Waals surface area contributed by atoms with Gasteiger partial charge < -0.3 is 15.3 Å². The monoisotopic (exact) mass is 268 g/mol. The second-order valence-corrected chi connectivity index (χ2v) is 4.99. The lowest BCUT2D eigenvalue weighted by atomic mass is 10.2. The van der Waals surface area contributed by atoms with E-state index in [1.165, 1.54) is 0 Å². The summed E-state index contributed by atoms with van der Waals surface area (Å²) < 4.78 is 1.82. The van der Waals surface area contributed by atoms with Crippen molar-refractivity contribution in [3.05, 3.63) is 12.4 Å². The van der Waals surface area contributed by atoms with Gasteiger partial charge in [-0.2, -0.15) is 5.10 Å². The van der Waals surface area contributed by atoms with Gasteiger partial charge in [0.05, 0.1) is 18.5 Å². The highest BCUT2D eigenvalue weighted by molar-refractivity contribution is 5.88. The van der Waals surface area contributed by atoms with E-state index in [0.29, 0.717) is 24.7 Å². The van der Waals surface area contributed by atoms with E-state index in [-0.39, 0.29) is 12.6 Å². The molecule has 1 aromatic heterocycles. The van der Waals surface area contributed by atoms with E-state index in [1.54, 1.807) is 11.1 Å². The molecule has 1 rings (SSSR count). The van der Waals surface area contributed by atoms with Crippen molar-refractivity contribution in [1.82, 2.24) is 14.7 Å². The van der Waals surface area contributed by atoms with Gasteiger partial charge in [-0.1, -0.05) is 20.8 Å². The van der Waals surface area contributed by atoms with Gasteiger partial charge in [0, 0.05) is 25.8 Å². The maximum absolute atomic E-state index is 12.0. The molecule has 0 atom stereocenters. The molecule has 6 nitrogen and oxygen atoms in total. The first-order valence-electron chi connectivity index (χ1n) is 6.76. The summed E-state index contributed by atoms with van der Waals surface area (Å²) in [4.78, 5) is 13.6. The van der Waals surface area contributed by atoms with Crippen LogP contribution in [0.5, 0.6) is 0 Å². The summed E-state index contributed by atoms with van der Waals surface area (Å²) in [6, 6.07) is -0.194. The fourth-order valence-corrected chi connectivity index (χ4v) is 1.81. The number of urea groups is 1. The summed E-state index contributed by atoms with van der Waals surface area (Å²) in [5.41, 5.74) is 0.685. The number of aliphatic hydroxyl groups is 1. The third kappa shape index (κ3) is 5.30. The minimum atomic E-state index is -0.194. The van der Waals surface area contributed by atoms with Crippen LogP contribution < -0.4 is 5.32 Å². The van der Waals surface area contributed by atoms with Gasteiger partial charge in [0.1, 0.15) is 0 Å². The van der Waals surface area contributed by atoms with Gasteiger partial charge in [-0.3, -0.25) is 4.68 Å². The molecule has 2 N–H and O–H groups in total. The van der Waals surface area contributed by atoms with Crippen molar-refractivity contribution in [2.45, 2.75) is 33.7 Å². The Hall–Kier alpha value is -1.56. The quantitative estimate of drug-likeness (QED) is 0.792. The Kier molecular flexibility index (Phi) is 6.35. The first kappa shape index (κ1) is 15.5. The first-order valence-corrected chi connectivity index (χ1v) is 6.76. The van der Waals surface area contributed by atoms with Crippen molar-refractivity contribution in [1.29, 1.82) is 0 Å². The number of aliphatic hydroxyl groups excluding tert-OH is 1. The highest BCUT2D eigenvalue weighted by Crippen LogP contribution is 2.08. The molecule has 6 heteroatoms. The Morgan fingerprint density at radius 3 is 2.84 bits per heavy atom. The minimum Gasteiger partial charge on any atom is -0.395 e. The van der Waals surface area contributed by atoms with Gasteiger partial charge in [0.25, 0.3) is 0 Å². The zero-order valence-corrected chi connectivity index (χ0v) is 12.0. The zero-order chi connectivity index (χ0) is 14.3. The van der Waals surface area contributed by atoms with Crippen molar-refractivity contribution >= 4 is 11.7 Å². The lowest BCUT2D eigenvalue weighted by Gasteiger charge is -2.20. The van der Waals surface area contributed by atoms with Crippen LogP contribution in [-0.4, -0.2) is 45.5 Å². The summed E-state index contributed by atoms with van der Waals surface area (Å²) in [5, 5.41) is 15.9. The van der Waals surface area contributed by atoms with Crippen LogP contribution in [0, 0.1) is 5.92 Å². The standard InChI is InChI=1S/C13H24N4O2/c1-4-5-16(6-7-18)13(19)15-12-8-14-17(10-12)9-11(2)3/h8,10-11,18H,4-7,9H2,1-3H3,(H,15,19). The molecule has 0 aliphatic carbocycles. The number of nitrogens with zero attached hydrogens (tertiary/aromatic N) is 3. The molecule has 0 radical (unpaired) electrons. The first-order chi connectivity index (χ1) is 9.06. The Bertz CT molecular complexity index is 384. The maximum Gasteiger partial charge on any atom is 0.322 e. The summed E-state index contributed by atoms with van der Waals surface area (Å²) in [6.45, 7) is 8.00. The molecule has 1 heterocycles. The van der Waals surface area contributed by atoms with Gasteiger partial charge in [-0.15, -0.1) is 0 Å². The van der Waals surface area contributed by atoms with Gasteiger partial charge in [0.2, 0.25) is 0 Å². The molecule has 0 aromatic carbocycles. The van der Waals surface area contributed by atoms with Crippen LogP contribution in [0.3, 0.4) is 0 Å². The SMILES string of the molecule is CCCN(CCO)C(=O)Nc1cnn(CC(C)C)c1. The average molecular weight is 268 g/mol. The summed E-state index contributed by atoms with van der Waals surface area (Å²) in [5.74, 6) is 0.509. The molecule has 19 heavy (non-hydrogen) atoms. The summed E-state index contributed by atoms with van der Waals surface area (Å²) in [7, 11) is 0. The number of hydrogen-bond acceptors (Lipinski definition) is 3. The second kappa shape index (κ2) is 7.78. The lowest BCUT2D eigenvalue weighted by molar-refractivity contribution is 0.188. The molecule has 0 unspecified atom stereocenters. The Morgan fingerprint density at radius 1 is 1.53 bits per heavy atom. The van der Waals surface area contributed by atoms with Crippen LogP contribution in [0.15, 0.2) is 12.4 Å². The van der Waals surface area contributed by atoms with Crippen LogP contribution in [0.4, 0.5) is 10.5 Å². The number of carbonyl (C=O) groups is 1. The molecule has 0 aliphatic rings. The lowest BCUT2D eigenvalue weighted by Crippen LogP contribution is -2.37. The highest BCUT2D eigenvalue weighted by Gasteiger charge is 2.12. The van der Waals surface area contributed by atoms with Crippen molar-refractivity contribution < 1.29 is 9.90 Å². The van der Waals surface area contributed by atoms with Crippen LogP contribution in [0.1, 0.15) is 27.2 Å². The predicted octanol–water partition coefficient (Wildman–Crippen LogP) is 1.78. The zero-order valence-electron chi connectivity index (χ0n) is 12.0. The van der Waals surface area contributed by atoms with Crippen molar-refractivity contribution in [3.63, 3.8) is 0 Å². The van der Waals surface area contributed by atoms with Gasteiger partial charge in [-0.25, -0.2) is 4.79 Å². The number of hydrogen-bond donors (Lipinski definition) is 2. The molecule has 0 fully saturated rings. The number of rotatable bonds is 7. The third-order valence-electron chi connectivity index (χ3n) is 2.59. The fourth-order valence-electron chi connectivity index (χ4n) is 1.81. The molecule has 0 spiro atoms. The molecule has 0 saturated heterocycles. The smallest absolute Gasteiger partial charge is 0.322 e. The number of anilines is 1. The number of nitrogens with one attached hydrogen (secondary N) is 1. The number of amides is 2. The predicted molar refractivity (Wildman–Crippen MR) is 75.0 cm³/mol. The molecular weight excluding hydrogens is 244 g/mol. The van der Waals surface area contributed by atoms with Crippen molar-refractivity contribution in [2.75, 3.05) is 25.0 Å². The van der Waals surface area contributed by atoms with Crippen molar-refractivity contribution in [2.24, 2.45) is 5.92 Å². The van der Waals surface area contributed by atoms with Crippen LogP contribution in [0.25, 0.3) is 0 Å². The van der Waals surface area contributed by atoms with E-state index in [1.807, 2.05) is 17.8 Å². The Balaban J connectivity index is 2.57. The molecule has 1 aromatic rings. The van der Waals surface area contributed by atoms with E-state index >= 15 is 0 Å². The van der Waals surface area contributed by atoms with Gasteiger partial charge in [-0.05, 0) is 12.3 Å². The van der Waals surface area contributed by atoms with E-state index in [9.17, 15) is 4.79 Å². The molecule has 0 aliphatic heterocycles. The maximum atomic E-state index is 12.0. The molecular formula is C13H24N4O2. The summed E-state index contributed by atoms with van der Waals surface area (Å²) >= 11 is 0. The molecule has 0 bridgehead atoms. The Morgan fingerprint density at radius 2 is 2.26 bits per heavy atom. The average Bonchev–Trinajstić information content (AvgIpc) is 2.75. The van der Waals surface area contributed by atoms with E-state index < -0.39 is 0 Å². The van der Waals surface area contributed by atoms with E-state index in [0.717, 1.165) is 13.0 Å². The van der Waals surface area contributed by atoms with Crippen LogP contribution in [-0.2, 0) is 6.54 Å². The van der Waals surface area contributed by atoms with Crippen LogP contribution in [0.2, 0.25) is 0 Å². The number of aromatic nitrogens is 2. The second-order valence-electron chi connectivity index (χ2n) is 4.99. The highest BCUT2D eigenvalue weighted by atomic mass is 16.3. The van der Waals surface area contributed by atoms with E-state index in [4.69, 9.17) is 5.11 Å². The third-order valence-corrected chi connectivity index (χ3v) is 2.59. The molecule has 108 valence electrons. The minimum absolute atomic E-state index is 0.0277. The Labute approximate surface area is 114 Å². The normalized spacial score (nSPS) is 10.8. The van der Waals surface area contributed by atoms with Crippen LogP contribution >= 0.6 is 0 Å². The van der Waals surface area contributed by atoms with Gasteiger partial charge in [0.15, 0.2) is 0 Å². The fraction of sp³-hybridized carbons (Fsp3) is 0.692.